The van der Waals surface area contributed by atoms with Gasteiger partial charge in [0.2, 0.25) is 5.91 Å². The molecule has 1 aromatic carbocycles. The Hall–Kier alpha value is -1.95. The van der Waals surface area contributed by atoms with E-state index in [0.29, 0.717) is 6.54 Å². The van der Waals surface area contributed by atoms with E-state index in [9.17, 15) is 14.0 Å². The molecule has 1 atom stereocenters. The van der Waals surface area contributed by atoms with Crippen molar-refractivity contribution in [3.8, 4) is 0 Å². The number of hydrogen-bond acceptors (Lipinski definition) is 3. The molecule has 1 amide bonds. The van der Waals surface area contributed by atoms with Gasteiger partial charge in [-0.2, -0.15) is 0 Å². The van der Waals surface area contributed by atoms with Crippen LogP contribution < -0.4 is 0 Å². The standard InChI is InChI=1S/C17H23FN2O3/c1-19(11-9-16(21)22)17(23)15-4-2-3-10-20(15)12-13-5-7-14(18)8-6-13/h5-8,15H,2-4,9-12H2,1H3,(H,21,22)/t15-/m1/s1. The second kappa shape index (κ2) is 8.06. The van der Waals surface area contributed by atoms with Gasteiger partial charge in [0.25, 0.3) is 0 Å². The van der Waals surface area contributed by atoms with Gasteiger partial charge >= 0.3 is 5.97 Å². The van der Waals surface area contributed by atoms with Gasteiger partial charge in [-0.05, 0) is 37.1 Å². The number of carbonyl (C=O) groups excluding carboxylic acids is 1. The van der Waals surface area contributed by atoms with E-state index in [1.807, 2.05) is 0 Å². The molecule has 23 heavy (non-hydrogen) atoms. The number of halogens is 1. The number of carboxylic acids is 1. The molecule has 1 N–H and O–H groups in total. The Morgan fingerprint density at radius 2 is 2.00 bits per heavy atom. The Bertz CT molecular complexity index is 547. The van der Waals surface area contributed by atoms with Crippen LogP contribution in [0.2, 0.25) is 0 Å². The first-order valence-electron chi connectivity index (χ1n) is 7.92. The minimum absolute atomic E-state index is 0.0342. The van der Waals surface area contributed by atoms with E-state index in [4.69, 9.17) is 5.11 Å². The Balaban J connectivity index is 2.00. The molecule has 0 bridgehead atoms. The number of benzene rings is 1. The van der Waals surface area contributed by atoms with Crippen LogP contribution >= 0.6 is 0 Å². The van der Waals surface area contributed by atoms with Crippen LogP contribution in [0.3, 0.4) is 0 Å². The van der Waals surface area contributed by atoms with Crippen molar-refractivity contribution in [3.63, 3.8) is 0 Å². The zero-order valence-corrected chi connectivity index (χ0v) is 13.4. The van der Waals surface area contributed by atoms with Gasteiger partial charge in [-0.25, -0.2) is 4.39 Å². The molecule has 1 heterocycles. The van der Waals surface area contributed by atoms with E-state index >= 15 is 0 Å². The Labute approximate surface area is 135 Å². The molecule has 5 nitrogen and oxygen atoms in total. The molecule has 2 rings (SSSR count). The summed E-state index contributed by atoms with van der Waals surface area (Å²) in [5.74, 6) is -1.21. The third kappa shape index (κ3) is 5.03. The van der Waals surface area contributed by atoms with Crippen LogP contribution in [0.15, 0.2) is 24.3 Å². The van der Waals surface area contributed by atoms with E-state index < -0.39 is 5.97 Å². The fraction of sp³-hybridized carbons (Fsp3) is 0.529. The SMILES string of the molecule is CN(CCC(=O)O)C(=O)[C@H]1CCCCN1Cc1ccc(F)cc1. The van der Waals surface area contributed by atoms with Crippen LogP contribution in [0.4, 0.5) is 4.39 Å². The molecule has 0 unspecified atom stereocenters. The van der Waals surface area contributed by atoms with Gasteiger partial charge in [-0.15, -0.1) is 0 Å². The van der Waals surface area contributed by atoms with Crippen molar-refractivity contribution in [2.75, 3.05) is 20.1 Å². The average Bonchev–Trinajstić information content (AvgIpc) is 2.54. The highest BCUT2D eigenvalue weighted by atomic mass is 19.1. The predicted octanol–water partition coefficient (Wildman–Crippen LogP) is 2.11. The van der Waals surface area contributed by atoms with Crippen molar-refractivity contribution in [3.05, 3.63) is 35.6 Å². The molecule has 1 aliphatic rings. The maximum absolute atomic E-state index is 13.0. The van der Waals surface area contributed by atoms with Gasteiger partial charge in [-0.3, -0.25) is 14.5 Å². The van der Waals surface area contributed by atoms with Gasteiger partial charge in [-0.1, -0.05) is 18.6 Å². The summed E-state index contributed by atoms with van der Waals surface area (Å²) in [7, 11) is 1.65. The number of amides is 1. The molecule has 1 aromatic rings. The third-order valence-electron chi connectivity index (χ3n) is 4.23. The molecule has 1 fully saturated rings. The summed E-state index contributed by atoms with van der Waals surface area (Å²) in [5.41, 5.74) is 0.972. The lowest BCUT2D eigenvalue weighted by molar-refractivity contribution is -0.140. The average molecular weight is 322 g/mol. The van der Waals surface area contributed by atoms with E-state index in [2.05, 4.69) is 4.90 Å². The number of likely N-dealkylation sites (N-methyl/N-ethyl adjacent to an activating group) is 1. The highest BCUT2D eigenvalue weighted by Crippen LogP contribution is 2.21. The Kier molecular flexibility index (Phi) is 6.10. The smallest absolute Gasteiger partial charge is 0.305 e. The second-order valence-electron chi connectivity index (χ2n) is 6.01. The molecular weight excluding hydrogens is 299 g/mol. The van der Waals surface area contributed by atoms with Crippen LogP contribution in [0.1, 0.15) is 31.2 Å². The first-order valence-corrected chi connectivity index (χ1v) is 7.92. The number of nitrogens with zero attached hydrogens (tertiary/aromatic N) is 2. The van der Waals surface area contributed by atoms with E-state index in [0.717, 1.165) is 31.4 Å². The number of hydrogen-bond donors (Lipinski definition) is 1. The second-order valence-corrected chi connectivity index (χ2v) is 6.01. The minimum Gasteiger partial charge on any atom is -0.481 e. The first kappa shape index (κ1) is 17.4. The number of carbonyl (C=O) groups is 2. The van der Waals surface area contributed by atoms with Crippen LogP contribution in [0, 0.1) is 5.82 Å². The highest BCUT2D eigenvalue weighted by molar-refractivity contribution is 5.82. The molecule has 0 aliphatic carbocycles. The normalized spacial score (nSPS) is 18.6. The van der Waals surface area contributed by atoms with Crippen molar-refractivity contribution < 1.29 is 19.1 Å². The minimum atomic E-state index is -0.906. The fourth-order valence-electron chi connectivity index (χ4n) is 2.91. The highest BCUT2D eigenvalue weighted by Gasteiger charge is 2.30. The van der Waals surface area contributed by atoms with Gasteiger partial charge in [0, 0.05) is 20.1 Å². The Morgan fingerprint density at radius 3 is 2.65 bits per heavy atom. The lowest BCUT2D eigenvalue weighted by atomic mass is 10.00. The van der Waals surface area contributed by atoms with Crippen LogP contribution in [-0.2, 0) is 16.1 Å². The number of carboxylic acid groups (broad SMARTS) is 1. The fourth-order valence-corrected chi connectivity index (χ4v) is 2.91. The maximum Gasteiger partial charge on any atom is 0.305 e. The summed E-state index contributed by atoms with van der Waals surface area (Å²) < 4.78 is 13.0. The number of piperidine rings is 1. The lowest BCUT2D eigenvalue weighted by Crippen LogP contribution is -2.49. The topological polar surface area (TPSA) is 60.9 Å². The molecule has 1 saturated heterocycles. The summed E-state index contributed by atoms with van der Waals surface area (Å²) in [6.07, 6.45) is 2.75. The van der Waals surface area contributed by atoms with Gasteiger partial charge in [0.15, 0.2) is 0 Å². The molecule has 0 spiro atoms. The predicted molar refractivity (Wildman–Crippen MR) is 84.3 cm³/mol. The third-order valence-corrected chi connectivity index (χ3v) is 4.23. The molecule has 0 saturated carbocycles. The summed E-state index contributed by atoms with van der Waals surface area (Å²) in [6.45, 7) is 1.64. The van der Waals surface area contributed by atoms with Crippen molar-refractivity contribution in [1.29, 1.82) is 0 Å². The zero-order chi connectivity index (χ0) is 16.8. The molecule has 6 heteroatoms. The van der Waals surface area contributed by atoms with Crippen LogP contribution in [-0.4, -0.2) is 53.0 Å². The maximum atomic E-state index is 13.0. The number of rotatable bonds is 6. The molecule has 0 aromatic heterocycles. The summed E-state index contributed by atoms with van der Waals surface area (Å²) >= 11 is 0. The van der Waals surface area contributed by atoms with Crippen LogP contribution in [0.25, 0.3) is 0 Å². The number of aliphatic carboxylic acids is 1. The quantitative estimate of drug-likeness (QED) is 0.871. The summed E-state index contributed by atoms with van der Waals surface area (Å²) in [5, 5.41) is 8.74. The first-order chi connectivity index (χ1) is 11.0. The van der Waals surface area contributed by atoms with Gasteiger partial charge in [0.1, 0.15) is 5.82 Å². The van der Waals surface area contributed by atoms with E-state index in [1.54, 1.807) is 19.2 Å². The lowest BCUT2D eigenvalue weighted by Gasteiger charge is -2.36. The van der Waals surface area contributed by atoms with Crippen molar-refractivity contribution in [1.82, 2.24) is 9.80 Å². The summed E-state index contributed by atoms with van der Waals surface area (Å²) in [4.78, 5) is 26.9. The molecule has 1 aliphatic heterocycles. The molecule has 126 valence electrons. The molecule has 0 radical (unpaired) electrons. The molecular formula is C17H23FN2O3. The van der Waals surface area contributed by atoms with Crippen molar-refractivity contribution in [2.45, 2.75) is 38.3 Å². The van der Waals surface area contributed by atoms with Crippen molar-refractivity contribution in [2.24, 2.45) is 0 Å². The summed E-state index contributed by atoms with van der Waals surface area (Å²) in [6, 6.07) is 6.09. The van der Waals surface area contributed by atoms with Gasteiger partial charge in [0.05, 0.1) is 12.5 Å². The monoisotopic (exact) mass is 322 g/mol. The van der Waals surface area contributed by atoms with Crippen LogP contribution in [0.5, 0.6) is 0 Å². The Morgan fingerprint density at radius 1 is 1.30 bits per heavy atom. The van der Waals surface area contributed by atoms with E-state index in [1.165, 1.54) is 17.0 Å². The van der Waals surface area contributed by atoms with Gasteiger partial charge < -0.3 is 10.0 Å². The zero-order valence-electron chi connectivity index (χ0n) is 13.4. The van der Waals surface area contributed by atoms with E-state index in [-0.39, 0.29) is 30.7 Å². The largest absolute Gasteiger partial charge is 0.481 e. The number of likely N-dealkylation sites (tertiary alicyclic amines) is 1. The van der Waals surface area contributed by atoms with Crippen molar-refractivity contribution >= 4 is 11.9 Å².